The second-order valence-electron chi connectivity index (χ2n) is 12.4. The van der Waals surface area contributed by atoms with Crippen LogP contribution in [0, 0.1) is 11.8 Å². The molecule has 9 nitrogen and oxygen atoms in total. The highest BCUT2D eigenvalue weighted by molar-refractivity contribution is 7.10. The summed E-state index contributed by atoms with van der Waals surface area (Å²) in [5, 5.41) is 21.6. The van der Waals surface area contributed by atoms with Crippen molar-refractivity contribution in [2.75, 3.05) is 6.61 Å². The van der Waals surface area contributed by atoms with Crippen molar-refractivity contribution in [1.82, 2.24) is 16.0 Å². The molecule has 1 fully saturated rings. The minimum atomic E-state index is -1.33. The van der Waals surface area contributed by atoms with Crippen molar-refractivity contribution < 1.29 is 29.0 Å². The summed E-state index contributed by atoms with van der Waals surface area (Å²) >= 11 is 1.44. The molecule has 1 aromatic heterocycles. The molecule has 1 aliphatic rings. The smallest absolute Gasteiger partial charge is 0.408 e. The van der Waals surface area contributed by atoms with E-state index in [4.69, 9.17) is 9.47 Å². The molecule has 1 saturated carbocycles. The van der Waals surface area contributed by atoms with Gasteiger partial charge in [-0.2, -0.15) is 0 Å². The lowest BCUT2D eigenvalue weighted by molar-refractivity contribution is -0.143. The van der Waals surface area contributed by atoms with Crippen LogP contribution in [-0.2, 0) is 32.1 Å². The molecule has 1 unspecified atom stereocenters. The van der Waals surface area contributed by atoms with E-state index in [1.54, 1.807) is 0 Å². The number of carbonyl (C=O) groups excluding carboxylic acids is 3. The van der Waals surface area contributed by atoms with Crippen molar-refractivity contribution in [3.63, 3.8) is 0 Å². The number of nitrogens with one attached hydrogen (secondary N) is 3. The Kier molecular flexibility index (Phi) is 14.1. The maximum atomic E-state index is 13.8. The molecule has 1 aliphatic carbocycles. The second-order valence-corrected chi connectivity index (χ2v) is 13.4. The molecule has 248 valence electrons. The number of thiophene rings is 1. The number of ether oxygens (including phenoxy) is 2. The quantitative estimate of drug-likeness (QED) is 0.144. The fraction of sp³-hybridized carbons (Fsp3) is 0.472. The van der Waals surface area contributed by atoms with E-state index in [1.165, 1.54) is 17.8 Å². The molecule has 0 radical (unpaired) electrons. The molecule has 3 amide bonds. The van der Waals surface area contributed by atoms with Crippen molar-refractivity contribution in [2.24, 2.45) is 11.8 Å². The van der Waals surface area contributed by atoms with E-state index in [-0.39, 0.29) is 25.6 Å². The van der Waals surface area contributed by atoms with Crippen LogP contribution in [0.15, 0.2) is 78.2 Å². The number of amides is 3. The Morgan fingerprint density at radius 1 is 0.848 bits per heavy atom. The molecular weight excluding hydrogens is 602 g/mol. The molecule has 4 N–H and O–H groups in total. The fourth-order valence-electron chi connectivity index (χ4n) is 5.63. The average Bonchev–Trinajstić information content (AvgIpc) is 3.61. The lowest BCUT2D eigenvalue weighted by Gasteiger charge is -2.31. The molecule has 0 bridgehead atoms. The van der Waals surface area contributed by atoms with Gasteiger partial charge >= 0.3 is 6.09 Å². The zero-order valence-electron chi connectivity index (χ0n) is 26.7. The number of carbonyl (C=O) groups is 3. The Morgan fingerprint density at radius 2 is 1.52 bits per heavy atom. The van der Waals surface area contributed by atoms with Crippen LogP contribution in [-0.4, -0.2) is 47.9 Å². The van der Waals surface area contributed by atoms with E-state index in [9.17, 15) is 19.5 Å². The Morgan fingerprint density at radius 3 is 2.15 bits per heavy atom. The van der Waals surface area contributed by atoms with Gasteiger partial charge in [0.05, 0.1) is 12.6 Å². The maximum absolute atomic E-state index is 13.8. The van der Waals surface area contributed by atoms with Gasteiger partial charge in [-0.3, -0.25) is 9.59 Å². The van der Waals surface area contributed by atoms with Crippen LogP contribution in [0.1, 0.15) is 74.5 Å². The van der Waals surface area contributed by atoms with Crippen molar-refractivity contribution in [3.05, 3.63) is 94.2 Å². The Bertz CT molecular complexity index is 1330. The monoisotopic (exact) mass is 649 g/mol. The summed E-state index contributed by atoms with van der Waals surface area (Å²) in [5.41, 5.74) is 1.63. The van der Waals surface area contributed by atoms with Gasteiger partial charge in [0.25, 0.3) is 5.91 Å². The number of aliphatic hydroxyl groups excluding tert-OH is 1. The van der Waals surface area contributed by atoms with E-state index in [2.05, 4.69) is 16.0 Å². The molecular formula is C36H47N3O6S. The summed E-state index contributed by atoms with van der Waals surface area (Å²) in [6.07, 6.45) is 3.42. The largest absolute Gasteiger partial charge is 0.445 e. The summed E-state index contributed by atoms with van der Waals surface area (Å²) in [6, 6.07) is 20.7. The van der Waals surface area contributed by atoms with Gasteiger partial charge in [-0.25, -0.2) is 4.79 Å². The molecule has 10 heteroatoms. The van der Waals surface area contributed by atoms with Crippen LogP contribution in [0.25, 0.3) is 0 Å². The Labute approximate surface area is 276 Å². The predicted molar refractivity (Wildman–Crippen MR) is 179 cm³/mol. The van der Waals surface area contributed by atoms with Crippen LogP contribution in [0.2, 0.25) is 0 Å². The van der Waals surface area contributed by atoms with Gasteiger partial charge in [0.15, 0.2) is 0 Å². The molecule has 1 heterocycles. The maximum Gasteiger partial charge on any atom is 0.408 e. The third kappa shape index (κ3) is 11.6. The van der Waals surface area contributed by atoms with E-state index >= 15 is 0 Å². The third-order valence-electron chi connectivity index (χ3n) is 8.07. The lowest BCUT2D eigenvalue weighted by atomic mass is 9.83. The highest BCUT2D eigenvalue weighted by atomic mass is 32.1. The van der Waals surface area contributed by atoms with Gasteiger partial charge in [0.1, 0.15) is 18.8 Å². The molecule has 0 aliphatic heterocycles. The second kappa shape index (κ2) is 18.4. The van der Waals surface area contributed by atoms with Gasteiger partial charge < -0.3 is 30.5 Å². The summed E-state index contributed by atoms with van der Waals surface area (Å²) in [7, 11) is 0. The summed E-state index contributed by atoms with van der Waals surface area (Å²) in [5.74, 6) is -0.657. The summed E-state index contributed by atoms with van der Waals surface area (Å²) in [6.45, 7) is 4.16. The normalized spacial score (nSPS) is 16.2. The van der Waals surface area contributed by atoms with E-state index in [1.807, 2.05) is 92.0 Å². The summed E-state index contributed by atoms with van der Waals surface area (Å²) in [4.78, 5) is 41.2. The van der Waals surface area contributed by atoms with Gasteiger partial charge in [0, 0.05) is 11.3 Å². The SMILES string of the molecule is CC(C)CO[C@H](NC(=O)[C@H](Cc1ccccc1)NC(=O)OCc1ccccc1)C(=O)NC(CC1CCCCC1)[C@@H](O)c1cccs1. The Balaban J connectivity index is 1.48. The molecule has 4 rings (SSSR count). The number of hydrogen-bond acceptors (Lipinski definition) is 7. The van der Waals surface area contributed by atoms with Crippen LogP contribution < -0.4 is 16.0 Å². The average molecular weight is 650 g/mol. The zero-order valence-corrected chi connectivity index (χ0v) is 27.5. The number of hydrogen-bond donors (Lipinski definition) is 4. The Hall–Kier alpha value is -3.73. The number of benzene rings is 2. The van der Waals surface area contributed by atoms with Crippen molar-refractivity contribution >= 4 is 29.2 Å². The van der Waals surface area contributed by atoms with Crippen LogP contribution in [0.3, 0.4) is 0 Å². The first-order chi connectivity index (χ1) is 22.3. The predicted octanol–water partition coefficient (Wildman–Crippen LogP) is 5.89. The van der Waals surface area contributed by atoms with E-state index in [0.717, 1.165) is 41.7 Å². The van der Waals surface area contributed by atoms with E-state index in [0.29, 0.717) is 12.3 Å². The molecule has 0 spiro atoms. The number of rotatable bonds is 16. The number of alkyl carbamates (subject to hydrolysis) is 1. The van der Waals surface area contributed by atoms with Gasteiger partial charge in [-0.05, 0) is 40.8 Å². The van der Waals surface area contributed by atoms with E-state index < -0.39 is 42.3 Å². The lowest BCUT2D eigenvalue weighted by Crippen LogP contribution is -2.57. The van der Waals surface area contributed by atoms with Gasteiger partial charge in [-0.15, -0.1) is 11.3 Å². The highest BCUT2D eigenvalue weighted by Gasteiger charge is 2.33. The first kappa shape index (κ1) is 35.1. The van der Waals surface area contributed by atoms with Gasteiger partial charge in [-0.1, -0.05) is 113 Å². The minimum Gasteiger partial charge on any atom is -0.445 e. The van der Waals surface area contributed by atoms with Crippen LogP contribution >= 0.6 is 11.3 Å². The topological polar surface area (TPSA) is 126 Å². The third-order valence-corrected chi connectivity index (χ3v) is 9.01. The summed E-state index contributed by atoms with van der Waals surface area (Å²) < 4.78 is 11.3. The van der Waals surface area contributed by atoms with Crippen molar-refractivity contribution in [2.45, 2.75) is 89.8 Å². The first-order valence-electron chi connectivity index (χ1n) is 16.2. The standard InChI is InChI=1S/C36H47N3O6S/c1-25(2)23-44-35(34(42)37-29(21-26-13-6-3-7-14-26)32(40)31-19-12-20-46-31)39-33(41)30(22-27-15-8-4-9-16-27)38-36(43)45-24-28-17-10-5-11-18-28/h4-5,8-12,15-20,25-26,29-30,32,35,40H,3,6-7,13-14,21-24H2,1-2H3,(H,37,42)(H,38,43)(H,39,41)/t29?,30-,32+,35-/m0/s1. The minimum absolute atomic E-state index is 0.0455. The molecule has 3 aromatic rings. The van der Waals surface area contributed by atoms with Gasteiger partial charge in [0.2, 0.25) is 12.1 Å². The van der Waals surface area contributed by atoms with Crippen LogP contribution in [0.4, 0.5) is 4.79 Å². The van der Waals surface area contributed by atoms with Crippen LogP contribution in [0.5, 0.6) is 0 Å². The molecule has 2 aromatic carbocycles. The zero-order chi connectivity index (χ0) is 32.7. The molecule has 46 heavy (non-hydrogen) atoms. The van der Waals surface area contributed by atoms with Crippen molar-refractivity contribution in [3.8, 4) is 0 Å². The fourth-order valence-corrected chi connectivity index (χ4v) is 6.41. The molecule has 0 saturated heterocycles. The number of aliphatic hydroxyl groups is 1. The molecule has 4 atom stereocenters. The first-order valence-corrected chi connectivity index (χ1v) is 17.1. The highest BCUT2D eigenvalue weighted by Crippen LogP contribution is 2.32. The van der Waals surface area contributed by atoms with Crippen molar-refractivity contribution in [1.29, 1.82) is 0 Å².